The fourth-order valence-electron chi connectivity index (χ4n) is 1.07. The van der Waals surface area contributed by atoms with Crippen molar-refractivity contribution >= 4 is 0 Å². The van der Waals surface area contributed by atoms with Crippen LogP contribution in [0.1, 0.15) is 6.42 Å². The molecule has 1 aliphatic rings. The molecule has 0 aromatic heterocycles. The minimum absolute atomic E-state index is 0. The van der Waals surface area contributed by atoms with E-state index in [9.17, 15) is 0 Å². The summed E-state index contributed by atoms with van der Waals surface area (Å²) >= 11 is 0. The van der Waals surface area contributed by atoms with Crippen LogP contribution in [-0.2, 0) is 32.7 Å². The van der Waals surface area contributed by atoms with E-state index in [-0.39, 0.29) is 32.7 Å². The first kappa shape index (κ1) is 10.7. The fraction of sp³-hybridized carbons (Fsp3) is 0.500. The Morgan fingerprint density at radius 1 is 1.60 bits per heavy atom. The Labute approximate surface area is 88.5 Å². The van der Waals surface area contributed by atoms with Gasteiger partial charge in [0.25, 0.3) is 0 Å². The maximum Gasteiger partial charge on any atom is 0 e. The topological polar surface area (TPSA) is 12.0 Å². The standard InChI is InChI=1S/C8H13N.Y/c1-2-3-8-4-6-9-7-5-8;/h2-4,8-9H,1,5-7H2;/q-2;/b3-2-;. The Morgan fingerprint density at radius 2 is 2.40 bits per heavy atom. The van der Waals surface area contributed by atoms with E-state index in [1.54, 1.807) is 0 Å². The van der Waals surface area contributed by atoms with Crippen molar-refractivity contribution in [2.45, 2.75) is 6.42 Å². The molecule has 1 radical (unpaired) electrons. The molecule has 1 fully saturated rings. The molecule has 10 heavy (non-hydrogen) atoms. The Bertz CT molecular complexity index is 95.4. The normalized spacial score (nSPS) is 26.2. The van der Waals surface area contributed by atoms with Crippen LogP contribution in [0.2, 0.25) is 0 Å². The molecule has 1 nitrogen and oxygen atoms in total. The molecule has 1 rings (SSSR count). The third-order valence-electron chi connectivity index (χ3n) is 1.60. The summed E-state index contributed by atoms with van der Waals surface area (Å²) in [5.74, 6) is 0.670. The number of allylic oxidation sites excluding steroid dienone is 2. The van der Waals surface area contributed by atoms with Crippen LogP contribution in [0.15, 0.2) is 12.2 Å². The van der Waals surface area contributed by atoms with Crippen LogP contribution in [-0.4, -0.2) is 13.1 Å². The first-order valence-electron chi connectivity index (χ1n) is 3.43. The van der Waals surface area contributed by atoms with E-state index in [0.717, 1.165) is 13.1 Å². The maximum absolute atomic E-state index is 3.66. The van der Waals surface area contributed by atoms with E-state index >= 15 is 0 Å². The van der Waals surface area contributed by atoms with E-state index in [1.807, 2.05) is 6.08 Å². The van der Waals surface area contributed by atoms with Gasteiger partial charge in [0.1, 0.15) is 0 Å². The molecule has 0 saturated carbocycles. The van der Waals surface area contributed by atoms with Crippen LogP contribution in [0, 0.1) is 19.3 Å². The Morgan fingerprint density at radius 3 is 2.90 bits per heavy atom. The van der Waals surface area contributed by atoms with Crippen molar-refractivity contribution in [3.05, 3.63) is 25.5 Å². The van der Waals surface area contributed by atoms with Crippen molar-refractivity contribution in [3.63, 3.8) is 0 Å². The van der Waals surface area contributed by atoms with Gasteiger partial charge in [0.2, 0.25) is 0 Å². The number of hydrogen-bond acceptors (Lipinski definition) is 1. The van der Waals surface area contributed by atoms with Gasteiger partial charge in [-0.1, -0.05) is 6.42 Å². The van der Waals surface area contributed by atoms with Crippen molar-refractivity contribution in [1.29, 1.82) is 0 Å². The molecule has 0 aromatic carbocycles. The van der Waals surface area contributed by atoms with Gasteiger partial charge >= 0.3 is 0 Å². The van der Waals surface area contributed by atoms with Gasteiger partial charge < -0.3 is 11.7 Å². The molecule has 0 aliphatic carbocycles. The van der Waals surface area contributed by atoms with Gasteiger partial charge in [-0.3, -0.25) is 6.08 Å². The van der Waals surface area contributed by atoms with Gasteiger partial charge in [-0.15, -0.1) is 6.54 Å². The zero-order valence-electron chi connectivity index (χ0n) is 6.22. The maximum atomic E-state index is 3.66. The van der Waals surface area contributed by atoms with Crippen molar-refractivity contribution in [1.82, 2.24) is 5.32 Å². The molecule has 2 heteroatoms. The third-order valence-corrected chi connectivity index (χ3v) is 1.60. The molecule has 1 N–H and O–H groups in total. The van der Waals surface area contributed by atoms with E-state index < -0.39 is 0 Å². The third kappa shape index (κ3) is 3.75. The van der Waals surface area contributed by atoms with Crippen molar-refractivity contribution < 1.29 is 32.7 Å². The zero-order chi connectivity index (χ0) is 6.53. The summed E-state index contributed by atoms with van der Waals surface area (Å²) in [5.41, 5.74) is 0. The second-order valence-electron chi connectivity index (χ2n) is 2.32. The molecule has 1 atom stereocenters. The summed E-state index contributed by atoms with van der Waals surface area (Å²) in [6.07, 6.45) is 7.55. The zero-order valence-corrected chi connectivity index (χ0v) is 9.05. The van der Waals surface area contributed by atoms with E-state index in [2.05, 4.69) is 24.7 Å². The van der Waals surface area contributed by atoms with Crippen LogP contribution < -0.4 is 5.32 Å². The predicted octanol–water partition coefficient (Wildman–Crippen LogP) is 1.19. The van der Waals surface area contributed by atoms with E-state index in [0.29, 0.717) is 5.92 Å². The molecule has 55 valence electrons. The average Bonchev–Trinajstić information content (AvgIpc) is 1.91. The SMILES string of the molecule is [CH2-]/C=C\C1[CH-]CNCC1.[Y]. The summed E-state index contributed by atoms with van der Waals surface area (Å²) in [6.45, 7) is 5.85. The largest absolute Gasteiger partial charge is 0.346 e. The quantitative estimate of drug-likeness (QED) is 0.644. The summed E-state index contributed by atoms with van der Waals surface area (Å²) < 4.78 is 0. The van der Waals surface area contributed by atoms with Crippen LogP contribution in [0.3, 0.4) is 0 Å². The number of nitrogens with one attached hydrogen (secondary N) is 1. The predicted molar refractivity (Wildman–Crippen MR) is 39.8 cm³/mol. The molecule has 1 aliphatic heterocycles. The first-order valence-corrected chi connectivity index (χ1v) is 3.43. The van der Waals surface area contributed by atoms with Gasteiger partial charge in [-0.25, -0.2) is 18.9 Å². The number of hydrogen-bond donors (Lipinski definition) is 1. The molecule has 1 unspecified atom stereocenters. The molecule has 0 bridgehead atoms. The monoisotopic (exact) mass is 212 g/mol. The second-order valence-corrected chi connectivity index (χ2v) is 2.32. The van der Waals surface area contributed by atoms with E-state index in [4.69, 9.17) is 0 Å². The van der Waals surface area contributed by atoms with Gasteiger partial charge in [0, 0.05) is 32.7 Å². The summed E-state index contributed by atoms with van der Waals surface area (Å²) in [7, 11) is 0. The first-order chi connectivity index (χ1) is 4.43. The smallest absolute Gasteiger partial charge is 0 e. The Hall–Kier alpha value is 0.674. The van der Waals surface area contributed by atoms with Gasteiger partial charge in [0.05, 0.1) is 0 Å². The fourth-order valence-corrected chi connectivity index (χ4v) is 1.07. The van der Waals surface area contributed by atoms with Gasteiger partial charge in [-0.2, -0.15) is 0 Å². The Kier molecular flexibility index (Phi) is 6.82. The van der Waals surface area contributed by atoms with Gasteiger partial charge in [0.15, 0.2) is 0 Å². The average molecular weight is 212 g/mol. The van der Waals surface area contributed by atoms with Gasteiger partial charge in [-0.05, 0) is 6.54 Å². The minimum atomic E-state index is 0. The van der Waals surface area contributed by atoms with E-state index in [1.165, 1.54) is 6.42 Å². The number of rotatable bonds is 1. The Balaban J connectivity index is 0.000000810. The molecular weight excluding hydrogens is 199 g/mol. The number of piperidine rings is 1. The molecule has 0 spiro atoms. The summed E-state index contributed by atoms with van der Waals surface area (Å²) in [5, 5.41) is 3.26. The van der Waals surface area contributed by atoms with Crippen molar-refractivity contribution in [2.24, 2.45) is 5.92 Å². The molecule has 1 saturated heterocycles. The van der Waals surface area contributed by atoms with Crippen LogP contribution in [0.25, 0.3) is 0 Å². The minimum Gasteiger partial charge on any atom is -0.346 e. The summed E-state index contributed by atoms with van der Waals surface area (Å²) in [6, 6.07) is 0. The molecule has 1 heterocycles. The summed E-state index contributed by atoms with van der Waals surface area (Å²) in [4.78, 5) is 0. The second kappa shape index (κ2) is 6.39. The van der Waals surface area contributed by atoms with Crippen molar-refractivity contribution in [3.8, 4) is 0 Å². The van der Waals surface area contributed by atoms with Crippen molar-refractivity contribution in [2.75, 3.05) is 13.1 Å². The molecular formula is C8H13NY-2. The van der Waals surface area contributed by atoms with Crippen LogP contribution in [0.4, 0.5) is 0 Å². The molecule has 0 amide bonds. The van der Waals surface area contributed by atoms with Crippen LogP contribution in [0.5, 0.6) is 0 Å². The molecule has 0 aromatic rings. The van der Waals surface area contributed by atoms with Crippen LogP contribution >= 0.6 is 0 Å².